The van der Waals surface area contributed by atoms with Gasteiger partial charge in [-0.1, -0.05) is 0 Å². The van der Waals surface area contributed by atoms with E-state index in [1.54, 1.807) is 13.8 Å². The summed E-state index contributed by atoms with van der Waals surface area (Å²) in [7, 11) is 0. The average Bonchev–Trinajstić information content (AvgIpc) is 2.38. The molecule has 0 N–H and O–H groups in total. The van der Waals surface area contributed by atoms with Gasteiger partial charge in [0, 0.05) is 6.07 Å². The van der Waals surface area contributed by atoms with E-state index in [4.69, 9.17) is 10.00 Å². The Morgan fingerprint density at radius 1 is 1.32 bits per heavy atom. The first-order valence-electron chi connectivity index (χ1n) is 5.40. The Balaban J connectivity index is 2.47. The van der Waals surface area contributed by atoms with Gasteiger partial charge in [0.2, 0.25) is 0 Å². The molecule has 0 aliphatic rings. The monoisotopic (exact) mass is 321 g/mol. The van der Waals surface area contributed by atoms with Gasteiger partial charge in [0.05, 0.1) is 10.2 Å². The fourth-order valence-electron chi connectivity index (χ4n) is 1.45. The Hall–Kier alpha value is -2.00. The molecule has 0 saturated heterocycles. The summed E-state index contributed by atoms with van der Waals surface area (Å²) < 4.78 is 19.2. The van der Waals surface area contributed by atoms with Crippen molar-refractivity contribution in [1.82, 2.24) is 10.2 Å². The Morgan fingerprint density at radius 3 is 2.74 bits per heavy atom. The molecular weight excluding hydrogens is 313 g/mol. The molecule has 6 heteroatoms. The van der Waals surface area contributed by atoms with E-state index in [9.17, 15) is 4.39 Å². The van der Waals surface area contributed by atoms with E-state index in [-0.39, 0.29) is 11.6 Å². The molecule has 0 unspecified atom stereocenters. The van der Waals surface area contributed by atoms with Gasteiger partial charge in [0.15, 0.2) is 0 Å². The van der Waals surface area contributed by atoms with Crippen LogP contribution in [-0.2, 0) is 0 Å². The third-order valence-corrected chi connectivity index (χ3v) is 3.29. The maximum absolute atomic E-state index is 13.2. The van der Waals surface area contributed by atoms with E-state index in [2.05, 4.69) is 26.1 Å². The summed E-state index contributed by atoms with van der Waals surface area (Å²) in [6.45, 7) is 3.51. The summed E-state index contributed by atoms with van der Waals surface area (Å²) in [5.74, 6) is -0.126. The predicted octanol–water partition coefficient (Wildman–Crippen LogP) is 3.66. The number of nitrogens with zero attached hydrogens (tertiary/aromatic N) is 3. The smallest absolute Gasteiger partial charge is 0.257 e. The van der Waals surface area contributed by atoms with Crippen LogP contribution in [0.15, 0.2) is 22.7 Å². The molecule has 0 aliphatic carbocycles. The van der Waals surface area contributed by atoms with Crippen LogP contribution in [0.5, 0.6) is 11.6 Å². The van der Waals surface area contributed by atoms with Crippen molar-refractivity contribution in [1.29, 1.82) is 5.26 Å². The molecule has 2 aromatic rings. The maximum atomic E-state index is 13.2. The van der Waals surface area contributed by atoms with Gasteiger partial charge in [0.25, 0.3) is 5.88 Å². The Morgan fingerprint density at radius 2 is 2.05 bits per heavy atom. The van der Waals surface area contributed by atoms with Gasteiger partial charge in [-0.3, -0.25) is 0 Å². The van der Waals surface area contributed by atoms with Crippen molar-refractivity contribution in [2.75, 3.05) is 0 Å². The molecule has 2 rings (SSSR count). The van der Waals surface area contributed by atoms with E-state index >= 15 is 0 Å². The number of hydrogen-bond acceptors (Lipinski definition) is 4. The van der Waals surface area contributed by atoms with Gasteiger partial charge in [-0.05, 0) is 47.5 Å². The molecule has 96 valence electrons. The Kier molecular flexibility index (Phi) is 3.76. The van der Waals surface area contributed by atoms with E-state index in [0.717, 1.165) is 0 Å². The molecule has 1 aromatic heterocycles. The van der Waals surface area contributed by atoms with E-state index in [1.165, 1.54) is 18.2 Å². The SMILES string of the molecule is Cc1nnc(Oc2cc(F)ccc2Br)c(C#N)c1C. The number of aryl methyl sites for hydroxylation is 1. The lowest BCUT2D eigenvalue weighted by Crippen LogP contribution is -2.00. The average molecular weight is 322 g/mol. The highest BCUT2D eigenvalue weighted by atomic mass is 79.9. The number of ether oxygens (including phenoxy) is 1. The summed E-state index contributed by atoms with van der Waals surface area (Å²) in [5, 5.41) is 16.9. The van der Waals surface area contributed by atoms with E-state index in [0.29, 0.717) is 21.3 Å². The van der Waals surface area contributed by atoms with Crippen molar-refractivity contribution in [2.24, 2.45) is 0 Å². The normalized spacial score (nSPS) is 10.1. The van der Waals surface area contributed by atoms with Crippen molar-refractivity contribution in [3.05, 3.63) is 45.3 Å². The fourth-order valence-corrected chi connectivity index (χ4v) is 1.78. The Labute approximate surface area is 118 Å². The number of rotatable bonds is 2. The fraction of sp³-hybridized carbons (Fsp3) is 0.154. The second-order valence-electron chi connectivity index (χ2n) is 3.88. The quantitative estimate of drug-likeness (QED) is 0.847. The predicted molar refractivity (Wildman–Crippen MR) is 70.4 cm³/mol. The minimum absolute atomic E-state index is 0.0666. The molecule has 0 saturated carbocycles. The second-order valence-corrected chi connectivity index (χ2v) is 4.73. The van der Waals surface area contributed by atoms with Crippen LogP contribution in [0.4, 0.5) is 4.39 Å². The van der Waals surface area contributed by atoms with Crippen molar-refractivity contribution < 1.29 is 9.13 Å². The van der Waals surface area contributed by atoms with E-state index in [1.807, 2.05) is 6.07 Å². The molecule has 0 radical (unpaired) electrons. The first-order valence-corrected chi connectivity index (χ1v) is 6.19. The van der Waals surface area contributed by atoms with Crippen molar-refractivity contribution in [3.8, 4) is 17.7 Å². The summed E-state index contributed by atoms with van der Waals surface area (Å²) in [6, 6.07) is 6.05. The molecule has 0 fully saturated rings. The molecule has 19 heavy (non-hydrogen) atoms. The number of aromatic nitrogens is 2. The van der Waals surface area contributed by atoms with Gasteiger partial charge in [-0.2, -0.15) is 10.4 Å². The van der Waals surface area contributed by atoms with Crippen LogP contribution in [0.25, 0.3) is 0 Å². The van der Waals surface area contributed by atoms with Crippen LogP contribution >= 0.6 is 15.9 Å². The third kappa shape index (κ3) is 2.71. The van der Waals surface area contributed by atoms with Gasteiger partial charge in [-0.15, -0.1) is 5.10 Å². The number of nitriles is 1. The largest absolute Gasteiger partial charge is 0.435 e. The Bertz CT molecular complexity index is 682. The van der Waals surface area contributed by atoms with Crippen LogP contribution in [0, 0.1) is 31.0 Å². The zero-order valence-corrected chi connectivity index (χ0v) is 11.8. The van der Waals surface area contributed by atoms with Crippen molar-refractivity contribution >= 4 is 15.9 Å². The number of hydrogen-bond donors (Lipinski definition) is 0. The lowest BCUT2D eigenvalue weighted by atomic mass is 10.1. The molecule has 1 aromatic carbocycles. The van der Waals surface area contributed by atoms with Gasteiger partial charge in [-0.25, -0.2) is 4.39 Å². The van der Waals surface area contributed by atoms with Gasteiger partial charge in [0.1, 0.15) is 23.2 Å². The van der Waals surface area contributed by atoms with Crippen LogP contribution in [0.1, 0.15) is 16.8 Å². The maximum Gasteiger partial charge on any atom is 0.257 e. The summed E-state index contributed by atoms with van der Waals surface area (Å²) in [5.41, 5.74) is 1.64. The first-order chi connectivity index (χ1) is 9.02. The van der Waals surface area contributed by atoms with Crippen molar-refractivity contribution in [2.45, 2.75) is 13.8 Å². The highest BCUT2D eigenvalue weighted by Gasteiger charge is 2.14. The molecule has 0 bridgehead atoms. The topological polar surface area (TPSA) is 58.8 Å². The zero-order valence-electron chi connectivity index (χ0n) is 10.2. The molecule has 0 aliphatic heterocycles. The number of halogens is 2. The summed E-state index contributed by atoms with van der Waals surface area (Å²) in [4.78, 5) is 0. The molecule has 1 heterocycles. The molecule has 0 atom stereocenters. The summed E-state index contributed by atoms with van der Waals surface area (Å²) in [6.07, 6.45) is 0. The molecule has 0 spiro atoms. The molecular formula is C13H9BrFN3O. The van der Waals surface area contributed by atoms with Crippen LogP contribution in [0.2, 0.25) is 0 Å². The van der Waals surface area contributed by atoms with E-state index < -0.39 is 5.82 Å². The molecule has 0 amide bonds. The van der Waals surface area contributed by atoms with Gasteiger partial charge < -0.3 is 4.74 Å². The van der Waals surface area contributed by atoms with Crippen molar-refractivity contribution in [3.63, 3.8) is 0 Å². The first kappa shape index (κ1) is 13.4. The van der Waals surface area contributed by atoms with Crippen LogP contribution in [0.3, 0.4) is 0 Å². The minimum atomic E-state index is -0.437. The van der Waals surface area contributed by atoms with Gasteiger partial charge >= 0.3 is 0 Å². The standard InChI is InChI=1S/C13H9BrFN3O/c1-7-8(2)17-18-13(10(7)6-16)19-12-5-9(15)3-4-11(12)14/h3-5H,1-2H3. The van der Waals surface area contributed by atoms with Crippen LogP contribution < -0.4 is 4.74 Å². The zero-order chi connectivity index (χ0) is 14.0. The lowest BCUT2D eigenvalue weighted by molar-refractivity contribution is 0.445. The molecule has 4 nitrogen and oxygen atoms in total. The summed E-state index contributed by atoms with van der Waals surface area (Å²) >= 11 is 3.24. The highest BCUT2D eigenvalue weighted by Crippen LogP contribution is 2.31. The second kappa shape index (κ2) is 5.33. The van der Waals surface area contributed by atoms with Crippen LogP contribution in [-0.4, -0.2) is 10.2 Å². The number of benzene rings is 1. The minimum Gasteiger partial charge on any atom is -0.435 e. The lowest BCUT2D eigenvalue weighted by Gasteiger charge is -2.09. The third-order valence-electron chi connectivity index (χ3n) is 2.63. The highest BCUT2D eigenvalue weighted by molar-refractivity contribution is 9.10.